The van der Waals surface area contributed by atoms with Gasteiger partial charge < -0.3 is 5.73 Å². The van der Waals surface area contributed by atoms with E-state index in [0.29, 0.717) is 10.8 Å². The molecule has 0 amide bonds. The van der Waals surface area contributed by atoms with Crippen LogP contribution in [0.3, 0.4) is 0 Å². The zero-order chi connectivity index (χ0) is 9.42. The van der Waals surface area contributed by atoms with E-state index in [9.17, 15) is 0 Å². The van der Waals surface area contributed by atoms with E-state index in [0.717, 1.165) is 16.5 Å². The quantitative estimate of drug-likeness (QED) is 0.697. The number of hydrogen-bond acceptors (Lipinski definition) is 2. The Kier molecular flexibility index (Phi) is 1.85. The van der Waals surface area contributed by atoms with Crippen molar-refractivity contribution in [3.63, 3.8) is 0 Å². The van der Waals surface area contributed by atoms with Crippen LogP contribution in [0.15, 0.2) is 24.3 Å². The number of hydrogen-bond donors (Lipinski definition) is 1. The smallest absolute Gasteiger partial charge is 0.131 e. The Labute approximate surface area is 81.3 Å². The van der Waals surface area contributed by atoms with Crippen LogP contribution in [0, 0.1) is 6.92 Å². The van der Waals surface area contributed by atoms with E-state index in [2.05, 4.69) is 4.98 Å². The van der Waals surface area contributed by atoms with E-state index in [-0.39, 0.29) is 0 Å². The topological polar surface area (TPSA) is 38.9 Å². The molecular formula is C10H9ClN2. The number of aryl methyl sites for hydroxylation is 1. The molecule has 0 bridgehead atoms. The second kappa shape index (κ2) is 2.89. The SMILES string of the molecule is Cc1cc2ccc(Cl)cc2c(N)n1. The molecule has 2 rings (SSSR count). The van der Waals surface area contributed by atoms with E-state index in [1.807, 2.05) is 31.2 Å². The van der Waals surface area contributed by atoms with Crippen molar-refractivity contribution in [2.24, 2.45) is 0 Å². The molecule has 2 nitrogen and oxygen atoms in total. The molecule has 0 saturated heterocycles. The lowest BCUT2D eigenvalue weighted by atomic mass is 10.1. The largest absolute Gasteiger partial charge is 0.383 e. The average molecular weight is 193 g/mol. The van der Waals surface area contributed by atoms with Gasteiger partial charge in [-0.15, -0.1) is 0 Å². The molecule has 1 aromatic carbocycles. The van der Waals surface area contributed by atoms with E-state index in [4.69, 9.17) is 17.3 Å². The lowest BCUT2D eigenvalue weighted by Gasteiger charge is -2.02. The molecule has 0 saturated carbocycles. The maximum atomic E-state index is 5.85. The van der Waals surface area contributed by atoms with Crippen LogP contribution < -0.4 is 5.73 Å². The van der Waals surface area contributed by atoms with Gasteiger partial charge in [-0.25, -0.2) is 4.98 Å². The number of halogens is 1. The summed E-state index contributed by atoms with van der Waals surface area (Å²) in [5.41, 5.74) is 6.68. The number of benzene rings is 1. The summed E-state index contributed by atoms with van der Waals surface area (Å²) in [4.78, 5) is 4.16. The predicted octanol–water partition coefficient (Wildman–Crippen LogP) is 2.78. The molecule has 0 fully saturated rings. The molecule has 13 heavy (non-hydrogen) atoms. The molecule has 0 radical (unpaired) electrons. The zero-order valence-corrected chi connectivity index (χ0v) is 7.97. The van der Waals surface area contributed by atoms with E-state index in [1.165, 1.54) is 0 Å². The van der Waals surface area contributed by atoms with Crippen molar-refractivity contribution in [2.75, 3.05) is 5.73 Å². The molecule has 66 valence electrons. The number of nitrogens with zero attached hydrogens (tertiary/aromatic N) is 1. The molecule has 0 spiro atoms. The van der Waals surface area contributed by atoms with Gasteiger partial charge >= 0.3 is 0 Å². The molecule has 1 aromatic heterocycles. The fourth-order valence-electron chi connectivity index (χ4n) is 1.38. The second-order valence-corrected chi connectivity index (χ2v) is 3.45. The van der Waals surface area contributed by atoms with Crippen LogP contribution >= 0.6 is 11.6 Å². The number of aromatic nitrogens is 1. The predicted molar refractivity (Wildman–Crippen MR) is 55.9 cm³/mol. The molecule has 0 unspecified atom stereocenters. The van der Waals surface area contributed by atoms with Gasteiger partial charge in [0.05, 0.1) is 0 Å². The first-order valence-corrected chi connectivity index (χ1v) is 4.37. The van der Waals surface area contributed by atoms with Crippen LogP contribution in [0.4, 0.5) is 5.82 Å². The van der Waals surface area contributed by atoms with Crippen LogP contribution in [0.1, 0.15) is 5.69 Å². The fourth-order valence-corrected chi connectivity index (χ4v) is 1.56. The first-order chi connectivity index (χ1) is 6.16. The number of fused-ring (bicyclic) bond motifs is 1. The Bertz CT molecular complexity index is 466. The van der Waals surface area contributed by atoms with Crippen molar-refractivity contribution in [3.8, 4) is 0 Å². The maximum absolute atomic E-state index is 5.85. The van der Waals surface area contributed by atoms with Gasteiger partial charge in [-0.3, -0.25) is 0 Å². The van der Waals surface area contributed by atoms with Gasteiger partial charge in [-0.1, -0.05) is 17.7 Å². The van der Waals surface area contributed by atoms with Crippen molar-refractivity contribution in [1.29, 1.82) is 0 Å². The highest BCUT2D eigenvalue weighted by Gasteiger charge is 2.00. The van der Waals surface area contributed by atoms with Crippen LogP contribution in [0.25, 0.3) is 10.8 Å². The van der Waals surface area contributed by atoms with Crippen molar-refractivity contribution >= 4 is 28.2 Å². The molecular weight excluding hydrogens is 184 g/mol. The Morgan fingerprint density at radius 2 is 2.08 bits per heavy atom. The molecule has 3 heteroatoms. The number of nitrogen functional groups attached to an aromatic ring is 1. The summed E-state index contributed by atoms with van der Waals surface area (Å²) in [6.45, 7) is 1.92. The zero-order valence-electron chi connectivity index (χ0n) is 7.21. The van der Waals surface area contributed by atoms with Crippen molar-refractivity contribution < 1.29 is 0 Å². The number of anilines is 1. The van der Waals surface area contributed by atoms with Crippen molar-refractivity contribution in [1.82, 2.24) is 4.98 Å². The molecule has 2 aromatic rings. The minimum Gasteiger partial charge on any atom is -0.383 e. The second-order valence-electron chi connectivity index (χ2n) is 3.01. The van der Waals surface area contributed by atoms with Gasteiger partial charge in [0.15, 0.2) is 0 Å². The van der Waals surface area contributed by atoms with Gasteiger partial charge in [-0.2, -0.15) is 0 Å². The third kappa shape index (κ3) is 1.45. The molecule has 0 aliphatic rings. The van der Waals surface area contributed by atoms with Crippen molar-refractivity contribution in [2.45, 2.75) is 6.92 Å². The summed E-state index contributed by atoms with van der Waals surface area (Å²) in [6.07, 6.45) is 0. The number of nitrogens with two attached hydrogens (primary N) is 1. The van der Waals surface area contributed by atoms with E-state index < -0.39 is 0 Å². The summed E-state index contributed by atoms with van der Waals surface area (Å²) < 4.78 is 0. The Morgan fingerprint density at radius 1 is 1.31 bits per heavy atom. The van der Waals surface area contributed by atoms with Gasteiger partial charge in [0.25, 0.3) is 0 Å². The van der Waals surface area contributed by atoms with Crippen LogP contribution in [-0.2, 0) is 0 Å². The standard InChI is InChI=1S/C10H9ClN2/c1-6-4-7-2-3-8(11)5-9(7)10(12)13-6/h2-5H,1H3,(H2,12,13). The molecule has 0 atom stereocenters. The van der Waals surface area contributed by atoms with Crippen LogP contribution in [0.2, 0.25) is 5.02 Å². The number of rotatable bonds is 0. The normalized spacial score (nSPS) is 10.6. The minimum atomic E-state index is 0.539. The summed E-state index contributed by atoms with van der Waals surface area (Å²) in [6, 6.07) is 7.62. The van der Waals surface area contributed by atoms with Gasteiger partial charge in [0.2, 0.25) is 0 Å². The van der Waals surface area contributed by atoms with Crippen LogP contribution in [0.5, 0.6) is 0 Å². The fraction of sp³-hybridized carbons (Fsp3) is 0.100. The first-order valence-electron chi connectivity index (χ1n) is 3.99. The summed E-state index contributed by atoms with van der Waals surface area (Å²) in [5.74, 6) is 0.539. The van der Waals surface area contributed by atoms with Gasteiger partial charge in [0.1, 0.15) is 5.82 Å². The lowest BCUT2D eigenvalue weighted by Crippen LogP contribution is -1.93. The van der Waals surface area contributed by atoms with E-state index >= 15 is 0 Å². The number of pyridine rings is 1. The highest BCUT2D eigenvalue weighted by molar-refractivity contribution is 6.31. The summed E-state index contributed by atoms with van der Waals surface area (Å²) >= 11 is 5.85. The Hall–Kier alpha value is -1.28. The highest BCUT2D eigenvalue weighted by Crippen LogP contribution is 2.23. The van der Waals surface area contributed by atoms with Crippen molar-refractivity contribution in [3.05, 3.63) is 35.0 Å². The van der Waals surface area contributed by atoms with Crippen LogP contribution in [-0.4, -0.2) is 4.98 Å². The molecule has 2 N–H and O–H groups in total. The molecule has 1 heterocycles. The minimum absolute atomic E-state index is 0.539. The Morgan fingerprint density at radius 3 is 2.85 bits per heavy atom. The average Bonchev–Trinajstić information content (AvgIpc) is 2.06. The highest BCUT2D eigenvalue weighted by atomic mass is 35.5. The summed E-state index contributed by atoms with van der Waals surface area (Å²) in [7, 11) is 0. The van der Waals surface area contributed by atoms with Gasteiger partial charge in [-0.05, 0) is 30.5 Å². The third-order valence-electron chi connectivity index (χ3n) is 1.95. The monoisotopic (exact) mass is 192 g/mol. The van der Waals surface area contributed by atoms with E-state index in [1.54, 1.807) is 0 Å². The Balaban J connectivity index is 2.87. The molecule has 0 aliphatic heterocycles. The van der Waals surface area contributed by atoms with Gasteiger partial charge in [0, 0.05) is 16.1 Å². The first kappa shape index (κ1) is 8.32. The molecule has 0 aliphatic carbocycles. The lowest BCUT2D eigenvalue weighted by molar-refractivity contribution is 1.23. The third-order valence-corrected chi connectivity index (χ3v) is 2.19. The maximum Gasteiger partial charge on any atom is 0.131 e. The summed E-state index contributed by atoms with van der Waals surface area (Å²) in [5, 5.41) is 2.68.